The number of fused-ring (bicyclic) bond motifs is 3. The molecule has 8 heteroatoms. The van der Waals surface area contributed by atoms with Crippen LogP contribution in [0.1, 0.15) is 35.5 Å². The summed E-state index contributed by atoms with van der Waals surface area (Å²) in [5.74, 6) is 0.245. The number of benzene rings is 2. The number of halogens is 1. The van der Waals surface area contributed by atoms with E-state index >= 15 is 0 Å². The lowest BCUT2D eigenvalue weighted by Crippen LogP contribution is -2.39. The molecule has 0 aliphatic heterocycles. The van der Waals surface area contributed by atoms with Crippen molar-refractivity contribution in [2.45, 2.75) is 33.4 Å². The Balaban J connectivity index is 1.78. The highest BCUT2D eigenvalue weighted by atomic mass is 19.1. The number of nitrogens with zero attached hydrogens (tertiary/aromatic N) is 5. The minimum Gasteiger partial charge on any atom is -0.307 e. The lowest BCUT2D eigenvalue weighted by molar-refractivity contribution is 0.623. The van der Waals surface area contributed by atoms with Crippen LogP contribution in [0.5, 0.6) is 0 Å². The Morgan fingerprint density at radius 1 is 0.970 bits per heavy atom. The van der Waals surface area contributed by atoms with E-state index in [1.165, 1.54) is 21.3 Å². The van der Waals surface area contributed by atoms with E-state index in [-0.39, 0.29) is 18.4 Å². The maximum Gasteiger partial charge on any atom is 0.332 e. The highest BCUT2D eigenvalue weighted by molar-refractivity contribution is 5.76. The first-order valence-electron chi connectivity index (χ1n) is 10.8. The van der Waals surface area contributed by atoms with Crippen LogP contribution in [0.3, 0.4) is 0 Å². The molecule has 0 bridgehead atoms. The molecule has 33 heavy (non-hydrogen) atoms. The lowest BCUT2D eigenvalue weighted by Gasteiger charge is -2.16. The van der Waals surface area contributed by atoms with E-state index in [9.17, 15) is 14.0 Å². The third kappa shape index (κ3) is 3.13. The second kappa shape index (κ2) is 7.58. The van der Waals surface area contributed by atoms with Crippen LogP contribution in [0.4, 0.5) is 4.39 Å². The zero-order chi connectivity index (χ0) is 23.4. The first kappa shape index (κ1) is 20.9. The Morgan fingerprint density at radius 2 is 1.64 bits per heavy atom. The first-order chi connectivity index (χ1) is 15.8. The Bertz CT molecular complexity index is 1620. The zero-order valence-electron chi connectivity index (χ0n) is 18.9. The maximum atomic E-state index is 13.6. The Labute approximate surface area is 189 Å². The Kier molecular flexibility index (Phi) is 4.81. The SMILES string of the molecule is Cc1c(C)n2c3c(=O)n(Cc4ccc(F)cc4)c(=O)n(C)c3nc2n1[C@@H](C)c1ccccc1. The third-order valence-electron chi connectivity index (χ3n) is 6.48. The topological polar surface area (TPSA) is 66.2 Å². The van der Waals surface area contributed by atoms with Gasteiger partial charge in [0.2, 0.25) is 5.78 Å². The van der Waals surface area contributed by atoms with Crippen LogP contribution in [0, 0.1) is 19.7 Å². The number of aryl methyl sites for hydroxylation is 2. The minimum atomic E-state index is -0.463. The van der Waals surface area contributed by atoms with Crippen molar-refractivity contribution in [2.75, 3.05) is 0 Å². The third-order valence-corrected chi connectivity index (χ3v) is 6.48. The van der Waals surface area contributed by atoms with Gasteiger partial charge in [-0.05, 0) is 44.0 Å². The van der Waals surface area contributed by atoms with Crippen LogP contribution >= 0.6 is 0 Å². The molecule has 2 aromatic carbocycles. The molecule has 168 valence electrons. The molecule has 1 atom stereocenters. The van der Waals surface area contributed by atoms with Gasteiger partial charge in [-0.1, -0.05) is 42.5 Å². The molecular weight excluding hydrogens is 421 g/mol. The first-order valence-corrected chi connectivity index (χ1v) is 10.8. The van der Waals surface area contributed by atoms with Gasteiger partial charge in [0.15, 0.2) is 11.2 Å². The normalized spacial score (nSPS) is 12.6. The van der Waals surface area contributed by atoms with Crippen molar-refractivity contribution in [3.8, 4) is 0 Å². The lowest BCUT2D eigenvalue weighted by atomic mass is 10.1. The van der Waals surface area contributed by atoms with E-state index in [1.54, 1.807) is 19.2 Å². The molecule has 0 radical (unpaired) electrons. The van der Waals surface area contributed by atoms with Crippen LogP contribution in [-0.4, -0.2) is 23.1 Å². The average molecular weight is 445 g/mol. The molecule has 3 heterocycles. The number of imidazole rings is 2. The van der Waals surface area contributed by atoms with Crippen LogP contribution in [0.2, 0.25) is 0 Å². The molecule has 0 aliphatic carbocycles. The highest BCUT2D eigenvalue weighted by Crippen LogP contribution is 2.27. The molecule has 0 unspecified atom stereocenters. The van der Waals surface area contributed by atoms with Gasteiger partial charge in [0.1, 0.15) is 5.82 Å². The van der Waals surface area contributed by atoms with Crippen molar-refractivity contribution in [3.05, 3.63) is 104 Å². The van der Waals surface area contributed by atoms with Gasteiger partial charge in [-0.3, -0.25) is 18.3 Å². The van der Waals surface area contributed by atoms with Gasteiger partial charge in [0.05, 0.1) is 12.6 Å². The molecule has 0 saturated carbocycles. The van der Waals surface area contributed by atoms with Crippen molar-refractivity contribution < 1.29 is 4.39 Å². The zero-order valence-corrected chi connectivity index (χ0v) is 18.9. The van der Waals surface area contributed by atoms with Gasteiger partial charge in [0.25, 0.3) is 5.56 Å². The highest BCUT2D eigenvalue weighted by Gasteiger charge is 2.25. The molecule has 7 nitrogen and oxygen atoms in total. The number of hydrogen-bond acceptors (Lipinski definition) is 3. The smallest absolute Gasteiger partial charge is 0.307 e. The fourth-order valence-corrected chi connectivity index (χ4v) is 4.53. The second-order valence-corrected chi connectivity index (χ2v) is 8.41. The van der Waals surface area contributed by atoms with Gasteiger partial charge in [0, 0.05) is 18.4 Å². The molecule has 0 saturated heterocycles. The number of aromatic nitrogens is 5. The second-order valence-electron chi connectivity index (χ2n) is 8.41. The van der Waals surface area contributed by atoms with E-state index in [2.05, 4.69) is 23.6 Å². The Morgan fingerprint density at radius 3 is 2.30 bits per heavy atom. The van der Waals surface area contributed by atoms with Crippen molar-refractivity contribution in [1.82, 2.24) is 23.1 Å². The van der Waals surface area contributed by atoms with E-state index in [1.807, 2.05) is 36.4 Å². The summed E-state index contributed by atoms with van der Waals surface area (Å²) in [6.45, 7) is 6.10. The quantitative estimate of drug-likeness (QED) is 0.425. The molecule has 0 spiro atoms. The van der Waals surface area contributed by atoms with Gasteiger partial charge in [-0.25, -0.2) is 9.18 Å². The summed E-state index contributed by atoms with van der Waals surface area (Å²) in [4.78, 5) is 31.4. The summed E-state index contributed by atoms with van der Waals surface area (Å²) in [5, 5.41) is 0. The molecule has 0 aliphatic rings. The van der Waals surface area contributed by atoms with E-state index < -0.39 is 11.2 Å². The summed E-state index contributed by atoms with van der Waals surface area (Å²) >= 11 is 0. The van der Waals surface area contributed by atoms with Crippen LogP contribution < -0.4 is 11.2 Å². The fraction of sp³-hybridized carbons (Fsp3) is 0.240. The summed E-state index contributed by atoms with van der Waals surface area (Å²) in [6, 6.07) is 15.9. The van der Waals surface area contributed by atoms with Crippen LogP contribution in [0.25, 0.3) is 16.9 Å². The Hall–Kier alpha value is -3.94. The summed E-state index contributed by atoms with van der Waals surface area (Å²) in [7, 11) is 1.62. The van der Waals surface area contributed by atoms with Crippen molar-refractivity contribution in [2.24, 2.45) is 7.05 Å². The largest absolute Gasteiger partial charge is 0.332 e. The van der Waals surface area contributed by atoms with Gasteiger partial charge in [-0.15, -0.1) is 0 Å². The maximum absolute atomic E-state index is 13.6. The summed E-state index contributed by atoms with van der Waals surface area (Å²) in [6.07, 6.45) is 0. The van der Waals surface area contributed by atoms with E-state index in [4.69, 9.17) is 4.98 Å². The fourth-order valence-electron chi connectivity index (χ4n) is 4.53. The molecule has 0 amide bonds. The molecule has 5 rings (SSSR count). The summed E-state index contributed by atoms with van der Waals surface area (Å²) in [5.41, 5.74) is 3.48. The van der Waals surface area contributed by atoms with Gasteiger partial charge >= 0.3 is 5.69 Å². The molecule has 0 N–H and O–H groups in total. The number of hydrogen-bond donors (Lipinski definition) is 0. The predicted molar refractivity (Wildman–Crippen MR) is 125 cm³/mol. The monoisotopic (exact) mass is 445 g/mol. The van der Waals surface area contributed by atoms with Crippen LogP contribution in [0.15, 0.2) is 64.2 Å². The van der Waals surface area contributed by atoms with Crippen molar-refractivity contribution in [1.29, 1.82) is 0 Å². The molecule has 3 aromatic heterocycles. The molecule has 0 fully saturated rings. The minimum absolute atomic E-state index is 0.0160. The van der Waals surface area contributed by atoms with Gasteiger partial charge < -0.3 is 4.57 Å². The predicted octanol–water partition coefficient (Wildman–Crippen LogP) is 3.56. The number of rotatable bonds is 4. The molecular formula is C25H24FN5O2. The van der Waals surface area contributed by atoms with Crippen molar-refractivity contribution in [3.63, 3.8) is 0 Å². The average Bonchev–Trinajstić information content (AvgIpc) is 3.32. The van der Waals surface area contributed by atoms with E-state index in [0.29, 0.717) is 22.5 Å². The van der Waals surface area contributed by atoms with Crippen molar-refractivity contribution >= 4 is 16.9 Å². The van der Waals surface area contributed by atoms with Gasteiger partial charge in [-0.2, -0.15) is 4.98 Å². The standard InChI is InChI=1S/C25H24FN5O2/c1-15-16(2)31-21-22(27-24(31)30(15)17(3)19-8-6-5-7-9-19)28(4)25(33)29(23(21)32)14-18-10-12-20(26)13-11-18/h5-13,17H,14H2,1-4H3/t17-/m0/s1. The van der Waals surface area contributed by atoms with E-state index in [0.717, 1.165) is 17.0 Å². The summed E-state index contributed by atoms with van der Waals surface area (Å²) < 4.78 is 19.8. The van der Waals surface area contributed by atoms with Crippen LogP contribution in [-0.2, 0) is 13.6 Å². The molecule has 5 aromatic rings.